The summed E-state index contributed by atoms with van der Waals surface area (Å²) in [4.78, 5) is 23.8. The second-order valence-corrected chi connectivity index (χ2v) is 8.97. The Hall–Kier alpha value is -4.14. The number of hydrogen-bond donors (Lipinski definition) is 2. The van der Waals surface area contributed by atoms with Crippen molar-refractivity contribution in [2.24, 2.45) is 0 Å². The fourth-order valence-electron chi connectivity index (χ4n) is 4.72. The van der Waals surface area contributed by atoms with Crippen LogP contribution >= 0.6 is 0 Å². The number of hydrogen-bond acceptors (Lipinski definition) is 5. The van der Waals surface area contributed by atoms with Crippen LogP contribution in [0.3, 0.4) is 0 Å². The van der Waals surface area contributed by atoms with Crippen LogP contribution in [-0.2, 0) is 19.1 Å². The molecule has 0 aliphatic heterocycles. The molecule has 0 spiro atoms. The first-order chi connectivity index (χ1) is 17.1. The Morgan fingerprint density at radius 1 is 1.17 bits per heavy atom. The van der Waals surface area contributed by atoms with Gasteiger partial charge in [0.1, 0.15) is 11.6 Å². The van der Waals surface area contributed by atoms with Gasteiger partial charge < -0.3 is 15.7 Å². The predicted molar refractivity (Wildman–Crippen MR) is 129 cm³/mol. The zero-order valence-corrected chi connectivity index (χ0v) is 19.4. The van der Waals surface area contributed by atoms with Gasteiger partial charge in [-0.05, 0) is 78.9 Å². The van der Waals surface area contributed by atoms with E-state index in [1.165, 1.54) is 6.07 Å². The minimum Gasteiger partial charge on any atom is -0.508 e. The lowest BCUT2D eigenvalue weighted by molar-refractivity contribution is -0.137. The molecule has 2 heterocycles. The third kappa shape index (κ3) is 4.32. The molecule has 184 valence electrons. The summed E-state index contributed by atoms with van der Waals surface area (Å²) in [7, 11) is 0. The lowest BCUT2D eigenvalue weighted by Crippen LogP contribution is -2.34. The lowest BCUT2D eigenvalue weighted by atomic mass is 10.0. The fraction of sp³-hybridized carbons (Fsp3) is 0.222. The Morgan fingerprint density at radius 3 is 2.69 bits per heavy atom. The van der Waals surface area contributed by atoms with E-state index in [9.17, 15) is 23.1 Å². The smallest absolute Gasteiger partial charge is 0.417 e. The van der Waals surface area contributed by atoms with Gasteiger partial charge in [0.05, 0.1) is 29.4 Å². The molecule has 5 rings (SSSR count). The van der Waals surface area contributed by atoms with Gasteiger partial charge in [0.15, 0.2) is 0 Å². The molecule has 9 heteroatoms. The maximum atomic E-state index is 13.9. The number of amides is 1. The van der Waals surface area contributed by atoms with Gasteiger partial charge in [0.25, 0.3) is 5.91 Å². The molecule has 2 aromatic carbocycles. The molecule has 0 unspecified atom stereocenters. The summed E-state index contributed by atoms with van der Waals surface area (Å²) in [5.41, 5.74) is 8.84. The molecule has 0 radical (unpaired) electrons. The standard InChI is InChI=1S/C27H23F3N4O2/c1-15-11-17-12-16(5-9-22(17)33-25(15)31)26(36)34(14-19-7-6-18(13-32-19)27(28,29)30)23-10-8-21-20(23)3-2-4-24(21)35/h2-7,9,11-13,23,35H,8,10,14H2,1H3,(H2,31,33)/t23-/m0/s1. The van der Waals surface area contributed by atoms with E-state index in [0.717, 1.165) is 34.3 Å². The van der Waals surface area contributed by atoms with E-state index in [4.69, 9.17) is 5.73 Å². The van der Waals surface area contributed by atoms with Crippen LogP contribution in [0.1, 0.15) is 50.8 Å². The molecule has 36 heavy (non-hydrogen) atoms. The molecule has 0 saturated heterocycles. The van der Waals surface area contributed by atoms with Gasteiger partial charge in [-0.1, -0.05) is 12.1 Å². The number of nitrogen functional groups attached to an aromatic ring is 1. The molecule has 0 bridgehead atoms. The molecular formula is C27H23F3N4O2. The number of aryl methyl sites for hydroxylation is 1. The third-order valence-corrected chi connectivity index (χ3v) is 6.63. The van der Waals surface area contributed by atoms with Crippen molar-refractivity contribution >= 4 is 22.6 Å². The number of aromatic hydroxyl groups is 1. The highest BCUT2D eigenvalue weighted by atomic mass is 19.4. The van der Waals surface area contributed by atoms with Crippen LogP contribution in [0.2, 0.25) is 0 Å². The van der Waals surface area contributed by atoms with Crippen LogP contribution in [0.25, 0.3) is 10.9 Å². The quantitative estimate of drug-likeness (QED) is 0.388. The normalized spacial score (nSPS) is 15.2. The largest absolute Gasteiger partial charge is 0.508 e. The molecular weight excluding hydrogens is 469 g/mol. The van der Waals surface area contributed by atoms with Crippen molar-refractivity contribution in [1.82, 2.24) is 14.9 Å². The molecule has 3 N–H and O–H groups in total. The zero-order valence-electron chi connectivity index (χ0n) is 19.4. The van der Waals surface area contributed by atoms with Gasteiger partial charge in [-0.3, -0.25) is 9.78 Å². The van der Waals surface area contributed by atoms with Crippen LogP contribution in [-0.4, -0.2) is 25.9 Å². The van der Waals surface area contributed by atoms with Crippen LogP contribution in [0, 0.1) is 6.92 Å². The average Bonchev–Trinajstić information content (AvgIpc) is 3.27. The van der Waals surface area contributed by atoms with Crippen molar-refractivity contribution in [3.05, 3.63) is 94.3 Å². The van der Waals surface area contributed by atoms with Crippen LogP contribution in [0.4, 0.5) is 19.0 Å². The summed E-state index contributed by atoms with van der Waals surface area (Å²) in [6.07, 6.45) is -2.56. The van der Waals surface area contributed by atoms with E-state index in [-0.39, 0.29) is 24.2 Å². The van der Waals surface area contributed by atoms with Gasteiger partial charge in [-0.15, -0.1) is 0 Å². The molecule has 1 aliphatic rings. The number of fused-ring (bicyclic) bond motifs is 2. The first kappa shape index (κ1) is 23.6. The van der Waals surface area contributed by atoms with Crippen molar-refractivity contribution in [1.29, 1.82) is 0 Å². The molecule has 0 saturated carbocycles. The average molecular weight is 493 g/mol. The van der Waals surface area contributed by atoms with Crippen molar-refractivity contribution < 1.29 is 23.1 Å². The molecule has 1 atom stereocenters. The number of anilines is 1. The van der Waals surface area contributed by atoms with Gasteiger partial charge in [-0.2, -0.15) is 13.2 Å². The van der Waals surface area contributed by atoms with E-state index in [1.807, 2.05) is 19.1 Å². The summed E-state index contributed by atoms with van der Waals surface area (Å²) in [6, 6.07) is 14.1. The van der Waals surface area contributed by atoms with Crippen molar-refractivity contribution in [3.8, 4) is 5.75 Å². The molecule has 6 nitrogen and oxygen atoms in total. The van der Waals surface area contributed by atoms with Crippen LogP contribution in [0.5, 0.6) is 5.75 Å². The Bertz CT molecular complexity index is 1470. The predicted octanol–water partition coefficient (Wildman–Crippen LogP) is 5.57. The van der Waals surface area contributed by atoms with Crippen molar-refractivity contribution in [2.75, 3.05) is 5.73 Å². The second-order valence-electron chi connectivity index (χ2n) is 8.97. The highest BCUT2D eigenvalue weighted by Gasteiger charge is 2.34. The number of nitrogens with two attached hydrogens (primary N) is 1. The number of halogens is 3. The van der Waals surface area contributed by atoms with E-state index < -0.39 is 11.7 Å². The molecule has 0 fully saturated rings. The summed E-state index contributed by atoms with van der Waals surface area (Å²) in [5, 5.41) is 11.1. The number of phenolic OH excluding ortho intramolecular Hbond substituents is 1. The van der Waals surface area contributed by atoms with Gasteiger partial charge >= 0.3 is 6.18 Å². The van der Waals surface area contributed by atoms with E-state index in [1.54, 1.807) is 35.2 Å². The fourth-order valence-corrected chi connectivity index (χ4v) is 4.72. The SMILES string of the molecule is Cc1cc2cc(C(=O)N(Cc3ccc(C(F)(F)F)cn3)[C@H]3CCc4c(O)cccc43)ccc2nc1N. The number of alkyl halides is 3. The molecule has 2 aromatic heterocycles. The van der Waals surface area contributed by atoms with Crippen molar-refractivity contribution in [3.63, 3.8) is 0 Å². The Labute approximate surface area is 205 Å². The Morgan fingerprint density at radius 2 is 1.97 bits per heavy atom. The van der Waals surface area contributed by atoms with Gasteiger partial charge in [0, 0.05) is 17.1 Å². The molecule has 4 aromatic rings. The topological polar surface area (TPSA) is 92.3 Å². The minimum absolute atomic E-state index is 0.00772. The first-order valence-electron chi connectivity index (χ1n) is 11.4. The van der Waals surface area contributed by atoms with Gasteiger partial charge in [0.2, 0.25) is 0 Å². The number of pyridine rings is 2. The number of carbonyl (C=O) groups excluding carboxylic acids is 1. The highest BCUT2D eigenvalue weighted by molar-refractivity contribution is 5.98. The molecule has 1 aliphatic carbocycles. The highest BCUT2D eigenvalue weighted by Crippen LogP contribution is 2.41. The maximum absolute atomic E-state index is 13.9. The van der Waals surface area contributed by atoms with Gasteiger partial charge in [-0.25, -0.2) is 4.98 Å². The Kier molecular flexibility index (Phi) is 5.78. The monoisotopic (exact) mass is 492 g/mol. The number of aromatic nitrogens is 2. The first-order valence-corrected chi connectivity index (χ1v) is 11.4. The third-order valence-electron chi connectivity index (χ3n) is 6.63. The number of phenols is 1. The summed E-state index contributed by atoms with van der Waals surface area (Å²) in [5.74, 6) is 0.285. The number of nitrogens with zero attached hydrogens (tertiary/aromatic N) is 3. The van der Waals surface area contributed by atoms with Crippen LogP contribution in [0.15, 0.2) is 60.8 Å². The minimum atomic E-state index is -4.50. The molecule has 1 amide bonds. The number of rotatable bonds is 4. The number of carbonyl (C=O) groups is 1. The summed E-state index contributed by atoms with van der Waals surface area (Å²) in [6.45, 7) is 1.84. The van der Waals surface area contributed by atoms with Crippen molar-refractivity contribution in [2.45, 2.75) is 38.5 Å². The Balaban J connectivity index is 1.54. The van der Waals surface area contributed by atoms with E-state index in [0.29, 0.717) is 35.4 Å². The summed E-state index contributed by atoms with van der Waals surface area (Å²) < 4.78 is 39.1. The summed E-state index contributed by atoms with van der Waals surface area (Å²) >= 11 is 0. The lowest BCUT2D eigenvalue weighted by Gasteiger charge is -2.30. The second kappa shape index (κ2) is 8.82. The maximum Gasteiger partial charge on any atom is 0.417 e. The van der Waals surface area contributed by atoms with E-state index in [2.05, 4.69) is 9.97 Å². The zero-order chi connectivity index (χ0) is 25.6. The van der Waals surface area contributed by atoms with Crippen LogP contribution < -0.4 is 5.73 Å². The number of benzene rings is 2. The van der Waals surface area contributed by atoms with E-state index >= 15 is 0 Å².